The molecule has 9 heteroatoms. The number of rotatable bonds is 9. The van der Waals surface area contributed by atoms with E-state index >= 15 is 0 Å². The molecule has 2 aromatic rings. The number of benzene rings is 1. The van der Waals surface area contributed by atoms with Gasteiger partial charge < -0.3 is 10.8 Å². The monoisotopic (exact) mass is 409 g/mol. The summed E-state index contributed by atoms with van der Waals surface area (Å²) in [5, 5.41) is 9.16. The molecule has 7 nitrogen and oxygen atoms in total. The van der Waals surface area contributed by atoms with Crippen molar-refractivity contribution in [2.45, 2.75) is 29.4 Å². The number of aryl methyl sites for hydroxylation is 1. The number of carboxylic acid groups (broad SMARTS) is 1. The second-order valence-corrected chi connectivity index (χ2v) is 8.75. The zero-order valence-corrected chi connectivity index (χ0v) is 16.6. The molecule has 0 aliphatic heterocycles. The van der Waals surface area contributed by atoms with E-state index in [1.165, 1.54) is 13.1 Å². The van der Waals surface area contributed by atoms with E-state index in [1.54, 1.807) is 30.5 Å². The SMILES string of the molecule is CNS(=O)(=O)c1cccc(CCC(S)C(Cc2ccc(N)nc2)C(=O)O)c1. The number of nitrogen functional groups attached to an aromatic ring is 1. The number of carboxylic acids is 1. The van der Waals surface area contributed by atoms with Crippen molar-refractivity contribution in [3.8, 4) is 0 Å². The molecule has 4 N–H and O–H groups in total. The molecule has 1 aromatic carbocycles. The molecule has 27 heavy (non-hydrogen) atoms. The average molecular weight is 410 g/mol. The summed E-state index contributed by atoms with van der Waals surface area (Å²) in [6.07, 6.45) is 2.87. The third-order valence-corrected chi connectivity index (χ3v) is 6.32. The summed E-state index contributed by atoms with van der Waals surface area (Å²) >= 11 is 4.49. The van der Waals surface area contributed by atoms with Gasteiger partial charge in [0.05, 0.1) is 10.8 Å². The van der Waals surface area contributed by atoms with Gasteiger partial charge in [0.25, 0.3) is 0 Å². The smallest absolute Gasteiger partial charge is 0.307 e. The number of hydrogen-bond donors (Lipinski definition) is 4. The quantitative estimate of drug-likeness (QED) is 0.468. The molecule has 0 aliphatic rings. The van der Waals surface area contributed by atoms with E-state index in [-0.39, 0.29) is 4.90 Å². The fourth-order valence-corrected chi connectivity index (χ4v) is 3.86. The number of hydrogen-bond acceptors (Lipinski definition) is 6. The average Bonchev–Trinajstić information content (AvgIpc) is 2.65. The third kappa shape index (κ3) is 5.95. The van der Waals surface area contributed by atoms with E-state index < -0.39 is 27.2 Å². The van der Waals surface area contributed by atoms with Gasteiger partial charge in [0, 0.05) is 11.4 Å². The van der Waals surface area contributed by atoms with Crippen LogP contribution in [-0.2, 0) is 27.7 Å². The van der Waals surface area contributed by atoms with Gasteiger partial charge in [-0.1, -0.05) is 18.2 Å². The molecule has 0 amide bonds. The first-order valence-corrected chi connectivity index (χ1v) is 10.4. The number of thiol groups is 1. The van der Waals surface area contributed by atoms with Gasteiger partial charge in [0.1, 0.15) is 5.82 Å². The van der Waals surface area contributed by atoms with E-state index in [2.05, 4.69) is 22.3 Å². The van der Waals surface area contributed by atoms with Crippen molar-refractivity contribution >= 4 is 34.4 Å². The molecule has 2 atom stereocenters. The van der Waals surface area contributed by atoms with E-state index in [1.807, 2.05) is 6.07 Å². The van der Waals surface area contributed by atoms with Gasteiger partial charge in [-0.25, -0.2) is 18.1 Å². The van der Waals surface area contributed by atoms with Crippen LogP contribution in [0.1, 0.15) is 17.5 Å². The molecular formula is C18H23N3O4S2. The number of aromatic nitrogens is 1. The largest absolute Gasteiger partial charge is 0.481 e. The minimum absolute atomic E-state index is 0.181. The molecule has 0 fully saturated rings. The molecule has 0 bridgehead atoms. The second-order valence-electron chi connectivity index (χ2n) is 6.20. The highest BCUT2D eigenvalue weighted by atomic mass is 32.2. The van der Waals surface area contributed by atoms with Gasteiger partial charge >= 0.3 is 5.97 Å². The van der Waals surface area contributed by atoms with Gasteiger partial charge in [-0.3, -0.25) is 4.79 Å². The van der Waals surface area contributed by atoms with Crippen molar-refractivity contribution in [1.82, 2.24) is 9.71 Å². The highest BCUT2D eigenvalue weighted by Crippen LogP contribution is 2.23. The summed E-state index contributed by atoms with van der Waals surface area (Å²) in [6.45, 7) is 0. The Kier molecular flexibility index (Phi) is 7.23. The second kappa shape index (κ2) is 9.20. The van der Waals surface area contributed by atoms with Crippen molar-refractivity contribution in [2.24, 2.45) is 5.92 Å². The van der Waals surface area contributed by atoms with Crippen LogP contribution in [0.2, 0.25) is 0 Å². The Morgan fingerprint density at radius 1 is 1.30 bits per heavy atom. The summed E-state index contributed by atoms with van der Waals surface area (Å²) in [6, 6.07) is 9.98. The maximum atomic E-state index is 11.9. The molecule has 2 rings (SSSR count). The van der Waals surface area contributed by atoms with Crippen molar-refractivity contribution < 1.29 is 18.3 Å². The number of anilines is 1. The Hall–Kier alpha value is -2.10. The number of carbonyl (C=O) groups is 1. The van der Waals surface area contributed by atoms with Gasteiger partial charge in [-0.15, -0.1) is 0 Å². The summed E-state index contributed by atoms with van der Waals surface area (Å²) in [7, 11) is -2.16. The maximum absolute atomic E-state index is 11.9. The fourth-order valence-electron chi connectivity index (χ4n) is 2.70. The van der Waals surface area contributed by atoms with E-state index in [4.69, 9.17) is 5.73 Å². The van der Waals surface area contributed by atoms with Crippen LogP contribution >= 0.6 is 12.6 Å². The number of nitrogens with two attached hydrogens (primary N) is 1. The van der Waals surface area contributed by atoms with Crippen LogP contribution < -0.4 is 10.5 Å². The first-order chi connectivity index (χ1) is 12.7. The topological polar surface area (TPSA) is 122 Å². The molecule has 0 radical (unpaired) electrons. The lowest BCUT2D eigenvalue weighted by molar-refractivity contribution is -0.141. The van der Waals surface area contributed by atoms with Gasteiger partial charge in [-0.05, 0) is 55.6 Å². The van der Waals surface area contributed by atoms with Gasteiger partial charge in [-0.2, -0.15) is 12.6 Å². The van der Waals surface area contributed by atoms with Crippen LogP contribution in [-0.4, -0.2) is 36.8 Å². The van der Waals surface area contributed by atoms with Crippen LogP contribution in [0.3, 0.4) is 0 Å². The Balaban J connectivity index is 2.05. The molecule has 0 saturated carbocycles. The zero-order chi connectivity index (χ0) is 20.0. The Morgan fingerprint density at radius 2 is 2.04 bits per heavy atom. The van der Waals surface area contributed by atoms with E-state index in [9.17, 15) is 18.3 Å². The lowest BCUT2D eigenvalue weighted by Crippen LogP contribution is -2.27. The minimum Gasteiger partial charge on any atom is -0.481 e. The molecule has 1 heterocycles. The van der Waals surface area contributed by atoms with E-state index in [0.717, 1.165) is 11.1 Å². The predicted molar refractivity (Wildman–Crippen MR) is 107 cm³/mol. The highest BCUT2D eigenvalue weighted by Gasteiger charge is 2.26. The first-order valence-electron chi connectivity index (χ1n) is 8.36. The Bertz CT molecular complexity index is 886. The van der Waals surface area contributed by atoms with Crippen molar-refractivity contribution in [3.63, 3.8) is 0 Å². The summed E-state index contributed by atoms with van der Waals surface area (Å²) in [5.74, 6) is -1.24. The van der Waals surface area contributed by atoms with Crippen molar-refractivity contribution in [2.75, 3.05) is 12.8 Å². The maximum Gasteiger partial charge on any atom is 0.307 e. The van der Waals surface area contributed by atoms with Crippen LogP contribution in [0.15, 0.2) is 47.5 Å². The standard InChI is InChI=1S/C18H23N3O4S2/c1-20-27(24,25)14-4-2-3-12(9-14)5-7-16(26)15(18(22)23)10-13-6-8-17(19)21-11-13/h2-4,6,8-9,11,15-16,20,26H,5,7,10H2,1H3,(H2,19,21)(H,22,23). The molecule has 0 aliphatic carbocycles. The Morgan fingerprint density at radius 3 is 2.63 bits per heavy atom. The van der Waals surface area contributed by atoms with Crippen LogP contribution in [0, 0.1) is 5.92 Å². The van der Waals surface area contributed by atoms with Crippen LogP contribution in [0.5, 0.6) is 0 Å². The first kappa shape index (κ1) is 21.2. The number of nitrogens with one attached hydrogen (secondary N) is 1. The fraction of sp³-hybridized carbons (Fsp3) is 0.333. The van der Waals surface area contributed by atoms with Crippen molar-refractivity contribution in [3.05, 3.63) is 53.7 Å². The van der Waals surface area contributed by atoms with Gasteiger partial charge in [0.2, 0.25) is 10.0 Å². The zero-order valence-electron chi connectivity index (χ0n) is 14.9. The molecular weight excluding hydrogens is 386 g/mol. The van der Waals surface area contributed by atoms with Crippen LogP contribution in [0.25, 0.3) is 0 Å². The molecule has 1 aromatic heterocycles. The number of sulfonamides is 1. The summed E-state index contributed by atoms with van der Waals surface area (Å²) in [4.78, 5) is 15.8. The lowest BCUT2D eigenvalue weighted by atomic mass is 9.93. The summed E-state index contributed by atoms with van der Waals surface area (Å²) < 4.78 is 26.1. The predicted octanol–water partition coefficient (Wildman–Crippen LogP) is 1.75. The molecule has 2 unspecified atom stereocenters. The van der Waals surface area contributed by atoms with Crippen LogP contribution in [0.4, 0.5) is 5.82 Å². The number of nitrogens with zero attached hydrogens (tertiary/aromatic N) is 1. The van der Waals surface area contributed by atoms with Gasteiger partial charge in [0.15, 0.2) is 0 Å². The molecule has 0 saturated heterocycles. The third-order valence-electron chi connectivity index (χ3n) is 4.29. The van der Waals surface area contributed by atoms with E-state index in [0.29, 0.717) is 25.1 Å². The van der Waals surface area contributed by atoms with Crippen molar-refractivity contribution in [1.29, 1.82) is 0 Å². The normalized spacial score (nSPS) is 13.9. The lowest BCUT2D eigenvalue weighted by Gasteiger charge is -2.19. The molecule has 0 spiro atoms. The number of aliphatic carboxylic acids is 1. The summed E-state index contributed by atoms with van der Waals surface area (Å²) in [5.41, 5.74) is 7.14. The Labute approximate surface area is 164 Å². The number of pyridine rings is 1. The molecule has 146 valence electrons. The minimum atomic E-state index is -3.51. The highest BCUT2D eigenvalue weighted by molar-refractivity contribution is 7.89.